The maximum atomic E-state index is 11.9. The normalized spacial score (nSPS) is 28.4. The maximum Gasteiger partial charge on any atom is 0.306 e. The summed E-state index contributed by atoms with van der Waals surface area (Å²) in [7, 11) is 0. The molecule has 0 radical (unpaired) electrons. The van der Waals surface area contributed by atoms with Gasteiger partial charge in [-0.15, -0.1) is 0 Å². The summed E-state index contributed by atoms with van der Waals surface area (Å²) in [5.74, 6) is -1.13. The van der Waals surface area contributed by atoms with Gasteiger partial charge in [0.2, 0.25) is 5.91 Å². The fraction of sp³-hybridized carbons (Fsp3) is 0.846. The number of hydrogen-bond acceptors (Lipinski definition) is 3. The first-order valence-corrected chi connectivity index (χ1v) is 6.89. The summed E-state index contributed by atoms with van der Waals surface area (Å²) in [4.78, 5) is 25.0. The zero-order valence-electron chi connectivity index (χ0n) is 10.7. The molecule has 18 heavy (non-hydrogen) atoms. The zero-order chi connectivity index (χ0) is 13.0. The lowest BCUT2D eigenvalue weighted by atomic mass is 10.0. The van der Waals surface area contributed by atoms with E-state index < -0.39 is 5.97 Å². The molecular formula is C13H22N2O3. The van der Waals surface area contributed by atoms with E-state index in [1.165, 1.54) is 12.8 Å². The molecule has 2 fully saturated rings. The summed E-state index contributed by atoms with van der Waals surface area (Å²) < 4.78 is 0. The van der Waals surface area contributed by atoms with E-state index >= 15 is 0 Å². The minimum absolute atomic E-state index is 0.0398. The van der Waals surface area contributed by atoms with Crippen LogP contribution in [0.1, 0.15) is 32.1 Å². The number of nitrogens with zero attached hydrogens (tertiary/aromatic N) is 1. The number of rotatable bonds is 5. The Kier molecular flexibility index (Phi) is 4.58. The van der Waals surface area contributed by atoms with Crippen molar-refractivity contribution >= 4 is 11.9 Å². The van der Waals surface area contributed by atoms with E-state index in [4.69, 9.17) is 5.11 Å². The van der Waals surface area contributed by atoms with Gasteiger partial charge in [-0.3, -0.25) is 9.59 Å². The smallest absolute Gasteiger partial charge is 0.306 e. The number of likely N-dealkylation sites (tertiary alicyclic amines) is 1. The van der Waals surface area contributed by atoms with Crippen molar-refractivity contribution in [3.05, 3.63) is 0 Å². The molecule has 0 spiro atoms. The molecule has 1 saturated heterocycles. The van der Waals surface area contributed by atoms with Crippen LogP contribution in [0.2, 0.25) is 0 Å². The number of hydrogen-bond donors (Lipinski definition) is 2. The molecule has 1 saturated carbocycles. The van der Waals surface area contributed by atoms with Gasteiger partial charge >= 0.3 is 5.97 Å². The monoisotopic (exact) mass is 254 g/mol. The van der Waals surface area contributed by atoms with Crippen LogP contribution in [0.4, 0.5) is 0 Å². The second-order valence-corrected chi connectivity index (χ2v) is 5.38. The Hall–Kier alpha value is -1.10. The summed E-state index contributed by atoms with van der Waals surface area (Å²) >= 11 is 0. The Bertz CT molecular complexity index is 313. The highest BCUT2D eigenvalue weighted by molar-refractivity contribution is 5.80. The number of carboxylic acid groups (broad SMARTS) is 1. The van der Waals surface area contributed by atoms with Gasteiger partial charge in [0.15, 0.2) is 0 Å². The van der Waals surface area contributed by atoms with Crippen LogP contribution >= 0.6 is 0 Å². The molecule has 2 rings (SSSR count). The van der Waals surface area contributed by atoms with Gasteiger partial charge in [0, 0.05) is 19.0 Å². The third-order valence-corrected chi connectivity index (χ3v) is 4.08. The fourth-order valence-corrected chi connectivity index (χ4v) is 2.93. The summed E-state index contributed by atoms with van der Waals surface area (Å²) in [6, 6.07) is 0. The van der Waals surface area contributed by atoms with Gasteiger partial charge in [0.05, 0.1) is 5.92 Å². The lowest BCUT2D eigenvalue weighted by Gasteiger charge is -2.16. The lowest BCUT2D eigenvalue weighted by molar-refractivity contribution is -0.141. The van der Waals surface area contributed by atoms with Gasteiger partial charge in [-0.2, -0.15) is 0 Å². The topological polar surface area (TPSA) is 69.6 Å². The van der Waals surface area contributed by atoms with Crippen molar-refractivity contribution in [1.82, 2.24) is 10.2 Å². The fourth-order valence-electron chi connectivity index (χ4n) is 2.93. The van der Waals surface area contributed by atoms with Gasteiger partial charge in [0.25, 0.3) is 0 Å². The van der Waals surface area contributed by atoms with Crippen molar-refractivity contribution in [2.75, 3.05) is 26.2 Å². The van der Waals surface area contributed by atoms with Crippen molar-refractivity contribution in [1.29, 1.82) is 0 Å². The third kappa shape index (κ3) is 3.45. The Morgan fingerprint density at radius 1 is 1.17 bits per heavy atom. The van der Waals surface area contributed by atoms with Crippen molar-refractivity contribution in [2.45, 2.75) is 32.1 Å². The first-order chi connectivity index (χ1) is 8.66. The molecule has 0 bridgehead atoms. The summed E-state index contributed by atoms with van der Waals surface area (Å²) in [5.41, 5.74) is 0. The van der Waals surface area contributed by atoms with Gasteiger partial charge in [-0.25, -0.2) is 0 Å². The molecule has 2 aliphatic rings. The van der Waals surface area contributed by atoms with Crippen LogP contribution in [-0.2, 0) is 9.59 Å². The molecular weight excluding hydrogens is 232 g/mol. The first kappa shape index (κ1) is 13.3. The summed E-state index contributed by atoms with van der Waals surface area (Å²) in [6.07, 6.45) is 4.38. The molecule has 5 nitrogen and oxygen atoms in total. The average Bonchev–Trinajstić information content (AvgIpc) is 2.99. The summed E-state index contributed by atoms with van der Waals surface area (Å²) in [5, 5.41) is 11.8. The largest absolute Gasteiger partial charge is 0.481 e. The lowest BCUT2D eigenvalue weighted by Crippen LogP contribution is -2.36. The van der Waals surface area contributed by atoms with E-state index in [-0.39, 0.29) is 17.7 Å². The number of carbonyl (C=O) groups excluding carboxylic acids is 1. The number of carboxylic acids is 1. The Morgan fingerprint density at radius 2 is 1.83 bits per heavy atom. The maximum absolute atomic E-state index is 11.9. The van der Waals surface area contributed by atoms with E-state index in [1.807, 2.05) is 0 Å². The van der Waals surface area contributed by atoms with Crippen LogP contribution in [0.25, 0.3) is 0 Å². The Labute approximate surface area is 108 Å². The molecule has 2 N–H and O–H groups in total. The number of amides is 1. The highest BCUT2D eigenvalue weighted by Gasteiger charge is 2.33. The molecule has 1 amide bonds. The zero-order valence-corrected chi connectivity index (χ0v) is 10.7. The van der Waals surface area contributed by atoms with Gasteiger partial charge in [0.1, 0.15) is 0 Å². The molecule has 0 aromatic rings. The van der Waals surface area contributed by atoms with Crippen LogP contribution in [-0.4, -0.2) is 48.1 Å². The Morgan fingerprint density at radius 3 is 2.44 bits per heavy atom. The van der Waals surface area contributed by atoms with E-state index in [0.717, 1.165) is 19.6 Å². The molecule has 2 unspecified atom stereocenters. The highest BCUT2D eigenvalue weighted by Crippen LogP contribution is 2.30. The average molecular weight is 254 g/mol. The molecule has 5 heteroatoms. The minimum Gasteiger partial charge on any atom is -0.481 e. The number of nitrogens with one attached hydrogen (secondary N) is 1. The second-order valence-electron chi connectivity index (χ2n) is 5.38. The standard InChI is InChI=1S/C13H22N2O3/c16-12(10-3-4-11(9-10)13(17)18)14-5-8-15-6-1-2-7-15/h10-11H,1-9H2,(H,14,16)(H,17,18). The quantitative estimate of drug-likeness (QED) is 0.757. The van der Waals surface area contributed by atoms with E-state index in [9.17, 15) is 9.59 Å². The van der Waals surface area contributed by atoms with Crippen LogP contribution in [0.5, 0.6) is 0 Å². The van der Waals surface area contributed by atoms with E-state index in [1.54, 1.807) is 0 Å². The van der Waals surface area contributed by atoms with Crippen molar-refractivity contribution in [3.8, 4) is 0 Å². The van der Waals surface area contributed by atoms with Gasteiger partial charge in [-0.1, -0.05) is 0 Å². The summed E-state index contributed by atoms with van der Waals surface area (Å²) in [6.45, 7) is 3.88. The third-order valence-electron chi connectivity index (χ3n) is 4.08. The predicted octanol–water partition coefficient (Wildman–Crippen LogP) is 0.699. The van der Waals surface area contributed by atoms with Crippen LogP contribution in [0.3, 0.4) is 0 Å². The van der Waals surface area contributed by atoms with E-state index in [2.05, 4.69) is 10.2 Å². The number of aliphatic carboxylic acids is 1. The number of carbonyl (C=O) groups is 2. The van der Waals surface area contributed by atoms with Crippen molar-refractivity contribution in [3.63, 3.8) is 0 Å². The highest BCUT2D eigenvalue weighted by atomic mass is 16.4. The van der Waals surface area contributed by atoms with E-state index in [0.29, 0.717) is 25.8 Å². The molecule has 1 aliphatic heterocycles. The van der Waals surface area contributed by atoms with Crippen LogP contribution < -0.4 is 5.32 Å². The minimum atomic E-state index is -0.762. The predicted molar refractivity (Wildman–Crippen MR) is 67.2 cm³/mol. The molecule has 0 aromatic carbocycles. The van der Waals surface area contributed by atoms with Crippen molar-refractivity contribution < 1.29 is 14.7 Å². The first-order valence-electron chi connectivity index (χ1n) is 6.89. The van der Waals surface area contributed by atoms with Gasteiger partial charge in [-0.05, 0) is 45.2 Å². The molecule has 2 atom stereocenters. The molecule has 1 heterocycles. The molecule has 0 aromatic heterocycles. The molecule has 102 valence electrons. The van der Waals surface area contributed by atoms with Crippen LogP contribution in [0.15, 0.2) is 0 Å². The van der Waals surface area contributed by atoms with Crippen LogP contribution in [0, 0.1) is 11.8 Å². The molecule has 1 aliphatic carbocycles. The Balaban J connectivity index is 1.64. The SMILES string of the molecule is O=C(O)C1CCC(C(=O)NCCN2CCCC2)C1. The second kappa shape index (κ2) is 6.18. The van der Waals surface area contributed by atoms with Gasteiger partial charge < -0.3 is 15.3 Å². The van der Waals surface area contributed by atoms with Crippen molar-refractivity contribution in [2.24, 2.45) is 11.8 Å².